The van der Waals surface area contributed by atoms with Crippen LogP contribution < -0.4 is 10.1 Å². The number of Topliss-reactive ketones (excluding diaryl/α,β-unsaturated/α-hetero) is 1. The van der Waals surface area contributed by atoms with Crippen molar-refractivity contribution >= 4 is 28.6 Å². The van der Waals surface area contributed by atoms with Gasteiger partial charge in [-0.1, -0.05) is 20.8 Å². The largest absolute Gasteiger partial charge is 0.493 e. The summed E-state index contributed by atoms with van der Waals surface area (Å²) in [6, 6.07) is 7.06. The summed E-state index contributed by atoms with van der Waals surface area (Å²) in [5, 5.41) is 11.2. The van der Waals surface area contributed by atoms with Crippen molar-refractivity contribution in [2.24, 2.45) is 0 Å². The Balaban J connectivity index is 1.63. The lowest BCUT2D eigenvalue weighted by atomic mass is 9.85. The number of nitrogens with zero attached hydrogens (tertiary/aromatic N) is 2. The maximum absolute atomic E-state index is 13.2. The van der Waals surface area contributed by atoms with Gasteiger partial charge in [-0.3, -0.25) is 15.0 Å². The third-order valence-corrected chi connectivity index (χ3v) is 5.81. The van der Waals surface area contributed by atoms with Gasteiger partial charge in [-0.15, -0.1) is 0 Å². The highest BCUT2D eigenvalue weighted by Gasteiger charge is 2.30. The Labute approximate surface area is 192 Å². The number of nitrogens with one attached hydrogen (secondary N) is 2. The van der Waals surface area contributed by atoms with E-state index in [4.69, 9.17) is 14.6 Å². The minimum absolute atomic E-state index is 0.0414. The van der Waals surface area contributed by atoms with Crippen LogP contribution in [0.2, 0.25) is 0 Å². The molecule has 0 bridgehead atoms. The van der Waals surface area contributed by atoms with Crippen LogP contribution in [0.25, 0.3) is 11.1 Å². The van der Waals surface area contributed by atoms with Gasteiger partial charge in [0.15, 0.2) is 17.8 Å². The number of rotatable bonds is 6. The number of aromatic nitrogens is 1. The molecule has 1 amide bonds. The van der Waals surface area contributed by atoms with E-state index < -0.39 is 0 Å². The van der Waals surface area contributed by atoms with E-state index >= 15 is 0 Å². The zero-order valence-electron chi connectivity index (χ0n) is 19.5. The standard InChI is InChI=1S/C25H28N4O4/c1-6-32-21-9-15-11-29(23(26)16(15)10-17(21)24(31)27-5)12-20(30)14-7-18(25(2,3)4)22-19(8-14)28-13-33-22/h7-10,13,26H,6,11-12H2,1-5H3,(H,27,31). The smallest absolute Gasteiger partial charge is 0.254 e. The number of hydrogen-bond donors (Lipinski definition) is 2. The van der Waals surface area contributed by atoms with Gasteiger partial charge in [-0.05, 0) is 42.2 Å². The van der Waals surface area contributed by atoms with Crippen LogP contribution in [-0.4, -0.2) is 47.6 Å². The molecule has 3 aromatic rings. The molecule has 1 aromatic heterocycles. The molecule has 1 aliphatic rings. The quantitative estimate of drug-likeness (QED) is 0.554. The first kappa shape index (κ1) is 22.5. The van der Waals surface area contributed by atoms with E-state index in [1.165, 1.54) is 6.39 Å². The zero-order chi connectivity index (χ0) is 23.9. The number of carbonyl (C=O) groups is 2. The molecule has 172 valence electrons. The third kappa shape index (κ3) is 4.08. The Morgan fingerprint density at radius 1 is 1.24 bits per heavy atom. The number of carbonyl (C=O) groups excluding carboxylic acids is 2. The Kier molecular flexibility index (Phi) is 5.69. The summed E-state index contributed by atoms with van der Waals surface area (Å²) in [7, 11) is 1.55. The van der Waals surface area contributed by atoms with Crippen LogP contribution in [0.4, 0.5) is 0 Å². The molecule has 4 rings (SSSR count). The highest BCUT2D eigenvalue weighted by atomic mass is 16.5. The zero-order valence-corrected chi connectivity index (χ0v) is 19.5. The predicted molar refractivity (Wildman–Crippen MR) is 125 cm³/mol. The molecule has 0 atom stereocenters. The van der Waals surface area contributed by atoms with Gasteiger partial charge in [0.2, 0.25) is 0 Å². The molecule has 0 fully saturated rings. The summed E-state index contributed by atoms with van der Waals surface area (Å²) in [5.41, 5.74) is 4.41. The Hall–Kier alpha value is -3.68. The fourth-order valence-corrected chi connectivity index (χ4v) is 4.10. The van der Waals surface area contributed by atoms with E-state index in [-0.39, 0.29) is 29.5 Å². The van der Waals surface area contributed by atoms with E-state index in [9.17, 15) is 9.59 Å². The predicted octanol–water partition coefficient (Wildman–Crippen LogP) is 3.91. The van der Waals surface area contributed by atoms with E-state index in [0.29, 0.717) is 46.7 Å². The van der Waals surface area contributed by atoms with Crippen LogP contribution in [0, 0.1) is 5.41 Å². The van der Waals surface area contributed by atoms with Gasteiger partial charge in [0.05, 0.1) is 18.7 Å². The molecule has 33 heavy (non-hydrogen) atoms. The lowest BCUT2D eigenvalue weighted by molar-refractivity contribution is 0.0953. The van der Waals surface area contributed by atoms with Crippen molar-refractivity contribution in [3.63, 3.8) is 0 Å². The number of benzene rings is 2. The maximum Gasteiger partial charge on any atom is 0.254 e. The Bertz CT molecular complexity index is 1270. The van der Waals surface area contributed by atoms with Crippen molar-refractivity contribution in [2.45, 2.75) is 39.7 Å². The summed E-state index contributed by atoms with van der Waals surface area (Å²) >= 11 is 0. The average Bonchev–Trinajstić information content (AvgIpc) is 3.36. The molecule has 0 aliphatic carbocycles. The van der Waals surface area contributed by atoms with Gasteiger partial charge in [-0.25, -0.2) is 4.98 Å². The van der Waals surface area contributed by atoms with Crippen molar-refractivity contribution in [1.29, 1.82) is 5.41 Å². The molecule has 0 spiro atoms. The van der Waals surface area contributed by atoms with Gasteiger partial charge in [0.1, 0.15) is 17.1 Å². The number of ether oxygens (including phenoxy) is 1. The minimum Gasteiger partial charge on any atom is -0.493 e. The van der Waals surface area contributed by atoms with Crippen molar-refractivity contribution in [1.82, 2.24) is 15.2 Å². The van der Waals surface area contributed by atoms with Crippen molar-refractivity contribution < 1.29 is 18.7 Å². The van der Waals surface area contributed by atoms with E-state index in [1.807, 2.05) is 13.0 Å². The van der Waals surface area contributed by atoms with E-state index in [0.717, 1.165) is 11.1 Å². The monoisotopic (exact) mass is 448 g/mol. The van der Waals surface area contributed by atoms with Gasteiger partial charge < -0.3 is 19.4 Å². The molecule has 0 saturated heterocycles. The summed E-state index contributed by atoms with van der Waals surface area (Å²) in [6.07, 6.45) is 1.39. The number of amides is 1. The number of hydrogen-bond acceptors (Lipinski definition) is 6. The topological polar surface area (TPSA) is 109 Å². The second-order valence-electron chi connectivity index (χ2n) is 9.12. The van der Waals surface area contributed by atoms with Crippen molar-refractivity contribution in [3.8, 4) is 5.75 Å². The lowest BCUT2D eigenvalue weighted by Gasteiger charge is -2.21. The summed E-state index contributed by atoms with van der Waals surface area (Å²) in [4.78, 5) is 31.5. The Morgan fingerprint density at radius 2 is 2.00 bits per heavy atom. The molecular formula is C25H28N4O4. The molecule has 0 saturated carbocycles. The molecule has 2 aromatic carbocycles. The molecule has 8 nitrogen and oxygen atoms in total. The van der Waals surface area contributed by atoms with Crippen molar-refractivity contribution in [3.05, 3.63) is 58.5 Å². The first-order valence-electron chi connectivity index (χ1n) is 10.9. The fraction of sp³-hybridized carbons (Fsp3) is 0.360. The fourth-order valence-electron chi connectivity index (χ4n) is 4.10. The minimum atomic E-state index is -0.279. The van der Waals surface area contributed by atoms with Gasteiger partial charge in [-0.2, -0.15) is 0 Å². The molecule has 1 aliphatic heterocycles. The molecule has 8 heteroatoms. The van der Waals surface area contributed by atoms with Gasteiger partial charge in [0.25, 0.3) is 5.91 Å². The number of oxazole rings is 1. The van der Waals surface area contributed by atoms with Crippen LogP contribution >= 0.6 is 0 Å². The molecule has 2 heterocycles. The average molecular weight is 449 g/mol. The summed E-state index contributed by atoms with van der Waals surface area (Å²) < 4.78 is 11.2. The number of ketones is 1. The van der Waals surface area contributed by atoms with Crippen molar-refractivity contribution in [2.75, 3.05) is 20.2 Å². The highest BCUT2D eigenvalue weighted by Crippen LogP contribution is 2.33. The first-order valence-corrected chi connectivity index (χ1v) is 10.9. The SMILES string of the molecule is CCOc1cc2c(cc1C(=O)NC)C(=N)N(CC(=O)c1cc(C(C)(C)C)c3ocnc3c1)C2. The lowest BCUT2D eigenvalue weighted by Crippen LogP contribution is -2.30. The molecule has 0 radical (unpaired) electrons. The van der Waals surface area contributed by atoms with Crippen LogP contribution in [0.1, 0.15) is 65.1 Å². The molecule has 0 unspecified atom stereocenters. The second kappa shape index (κ2) is 8.35. The third-order valence-electron chi connectivity index (χ3n) is 5.81. The maximum atomic E-state index is 13.2. The second-order valence-corrected chi connectivity index (χ2v) is 9.12. The van der Waals surface area contributed by atoms with Crippen LogP contribution in [0.3, 0.4) is 0 Å². The molecular weight excluding hydrogens is 420 g/mol. The number of fused-ring (bicyclic) bond motifs is 2. The Morgan fingerprint density at radius 3 is 2.67 bits per heavy atom. The first-order chi connectivity index (χ1) is 15.6. The summed E-state index contributed by atoms with van der Waals surface area (Å²) in [5.74, 6) is 0.298. The highest BCUT2D eigenvalue weighted by molar-refractivity contribution is 6.08. The van der Waals surface area contributed by atoms with E-state index in [1.54, 1.807) is 30.1 Å². The number of amidine groups is 1. The van der Waals surface area contributed by atoms with Crippen LogP contribution in [0.15, 0.2) is 35.1 Å². The normalized spacial score (nSPS) is 13.4. The molecule has 2 N–H and O–H groups in total. The van der Waals surface area contributed by atoms with Gasteiger partial charge >= 0.3 is 0 Å². The van der Waals surface area contributed by atoms with Gasteiger partial charge in [0, 0.05) is 30.3 Å². The van der Waals surface area contributed by atoms with E-state index in [2.05, 4.69) is 31.1 Å². The van der Waals surface area contributed by atoms with Crippen LogP contribution in [-0.2, 0) is 12.0 Å². The summed E-state index contributed by atoms with van der Waals surface area (Å²) in [6.45, 7) is 8.89. The van der Waals surface area contributed by atoms with Crippen LogP contribution in [0.5, 0.6) is 5.75 Å².